The van der Waals surface area contributed by atoms with Crippen LogP contribution in [-0.2, 0) is 11.3 Å². The number of hydrogen-bond donors (Lipinski definition) is 3. The third-order valence-electron chi connectivity index (χ3n) is 2.06. The van der Waals surface area contributed by atoms with Crippen LogP contribution in [-0.4, -0.2) is 27.6 Å². The quantitative estimate of drug-likeness (QED) is 0.753. The highest BCUT2D eigenvalue weighted by atomic mass is 32.1. The fourth-order valence-corrected chi connectivity index (χ4v) is 1.65. The fourth-order valence-electron chi connectivity index (χ4n) is 1.04. The Kier molecular flexibility index (Phi) is 4.06. The molecule has 17 heavy (non-hydrogen) atoms. The van der Waals surface area contributed by atoms with E-state index in [-0.39, 0.29) is 6.54 Å². The van der Waals surface area contributed by atoms with Crippen molar-refractivity contribution < 1.29 is 14.7 Å². The second kappa shape index (κ2) is 5.13. The maximum absolute atomic E-state index is 11.4. The zero-order valence-corrected chi connectivity index (χ0v) is 10.7. The smallest absolute Gasteiger partial charge is 0.328 e. The van der Waals surface area contributed by atoms with Crippen molar-refractivity contribution in [3.05, 3.63) is 16.1 Å². The molecule has 1 heterocycles. The summed E-state index contributed by atoms with van der Waals surface area (Å²) in [6.45, 7) is 5.00. The number of urea groups is 1. The van der Waals surface area contributed by atoms with Crippen LogP contribution < -0.4 is 10.6 Å². The maximum Gasteiger partial charge on any atom is 0.328 e. The summed E-state index contributed by atoms with van der Waals surface area (Å²) in [5.41, 5.74) is -0.530. The molecule has 0 saturated carbocycles. The van der Waals surface area contributed by atoms with Gasteiger partial charge in [-0.05, 0) is 20.8 Å². The van der Waals surface area contributed by atoms with Crippen LogP contribution in [0.15, 0.2) is 5.38 Å². The van der Waals surface area contributed by atoms with E-state index in [1.807, 2.05) is 12.3 Å². The first kappa shape index (κ1) is 13.4. The van der Waals surface area contributed by atoms with Gasteiger partial charge in [0.1, 0.15) is 5.54 Å². The van der Waals surface area contributed by atoms with E-state index in [9.17, 15) is 9.59 Å². The molecule has 0 aliphatic heterocycles. The lowest BCUT2D eigenvalue weighted by molar-refractivity contribution is -0.142. The molecular weight excluding hydrogens is 242 g/mol. The van der Waals surface area contributed by atoms with E-state index < -0.39 is 17.5 Å². The zero-order valence-electron chi connectivity index (χ0n) is 9.90. The minimum atomic E-state index is -1.29. The Balaban J connectivity index is 2.43. The van der Waals surface area contributed by atoms with E-state index in [0.717, 1.165) is 10.7 Å². The lowest BCUT2D eigenvalue weighted by atomic mass is 10.1. The van der Waals surface area contributed by atoms with Crippen LogP contribution in [0.25, 0.3) is 0 Å². The predicted molar refractivity (Wildman–Crippen MR) is 63.9 cm³/mol. The highest BCUT2D eigenvalue weighted by Crippen LogP contribution is 2.07. The maximum atomic E-state index is 11.4. The largest absolute Gasteiger partial charge is 0.480 e. The first-order valence-electron chi connectivity index (χ1n) is 5.01. The van der Waals surface area contributed by atoms with Gasteiger partial charge in [-0.2, -0.15) is 0 Å². The number of carbonyl (C=O) groups excluding carboxylic acids is 1. The number of carbonyl (C=O) groups is 2. The molecule has 0 unspecified atom stereocenters. The standard InChI is InChI=1S/C10H15N3O3S/c1-6-12-7(5-17-6)4-11-9(16)13-10(2,3)8(14)15/h5H,4H2,1-3H3,(H,14,15)(H2,11,13,16). The molecule has 0 aliphatic carbocycles. The number of aryl methyl sites for hydroxylation is 1. The van der Waals surface area contributed by atoms with E-state index in [0.29, 0.717) is 0 Å². The number of aliphatic carboxylic acids is 1. The molecule has 94 valence electrons. The van der Waals surface area contributed by atoms with Crippen LogP contribution in [0.4, 0.5) is 4.79 Å². The summed E-state index contributed by atoms with van der Waals surface area (Å²) in [6, 6.07) is -0.525. The van der Waals surface area contributed by atoms with Gasteiger partial charge in [-0.1, -0.05) is 0 Å². The van der Waals surface area contributed by atoms with Gasteiger partial charge in [0.15, 0.2) is 0 Å². The van der Waals surface area contributed by atoms with Crippen LogP contribution in [0, 0.1) is 6.92 Å². The molecule has 0 radical (unpaired) electrons. The molecule has 0 atom stereocenters. The normalized spacial score (nSPS) is 11.0. The van der Waals surface area contributed by atoms with E-state index in [4.69, 9.17) is 5.11 Å². The topological polar surface area (TPSA) is 91.3 Å². The van der Waals surface area contributed by atoms with Gasteiger partial charge < -0.3 is 15.7 Å². The number of amides is 2. The SMILES string of the molecule is Cc1nc(CNC(=O)NC(C)(C)C(=O)O)cs1. The Labute approximate surface area is 103 Å². The number of rotatable bonds is 4. The molecule has 6 nitrogen and oxygen atoms in total. The van der Waals surface area contributed by atoms with Gasteiger partial charge >= 0.3 is 12.0 Å². The van der Waals surface area contributed by atoms with Crippen LogP contribution in [0.5, 0.6) is 0 Å². The van der Waals surface area contributed by atoms with Gasteiger partial charge in [0, 0.05) is 5.38 Å². The number of thiazole rings is 1. The lowest BCUT2D eigenvalue weighted by Gasteiger charge is -2.20. The van der Waals surface area contributed by atoms with Crippen molar-refractivity contribution in [3.63, 3.8) is 0 Å². The third-order valence-corrected chi connectivity index (χ3v) is 2.88. The summed E-state index contributed by atoms with van der Waals surface area (Å²) in [7, 11) is 0. The van der Waals surface area contributed by atoms with Crippen molar-refractivity contribution in [2.24, 2.45) is 0 Å². The summed E-state index contributed by atoms with van der Waals surface area (Å²) in [5.74, 6) is -1.09. The van der Waals surface area contributed by atoms with Crippen molar-refractivity contribution in [2.45, 2.75) is 32.9 Å². The van der Waals surface area contributed by atoms with Gasteiger partial charge in [0.2, 0.25) is 0 Å². The predicted octanol–water partition coefficient (Wildman–Crippen LogP) is 1.11. The van der Waals surface area contributed by atoms with Gasteiger partial charge in [-0.15, -0.1) is 11.3 Å². The summed E-state index contributed by atoms with van der Waals surface area (Å²) in [5, 5.41) is 16.5. The number of carboxylic acid groups (broad SMARTS) is 1. The van der Waals surface area contributed by atoms with Gasteiger partial charge in [0.05, 0.1) is 17.2 Å². The molecule has 0 bridgehead atoms. The van der Waals surface area contributed by atoms with Crippen molar-refractivity contribution in [3.8, 4) is 0 Å². The van der Waals surface area contributed by atoms with E-state index >= 15 is 0 Å². The molecule has 7 heteroatoms. The number of aromatic nitrogens is 1. The molecule has 1 aromatic rings. The van der Waals surface area contributed by atoms with Crippen LogP contribution in [0.2, 0.25) is 0 Å². The number of carboxylic acids is 1. The zero-order chi connectivity index (χ0) is 13.1. The molecule has 2 amide bonds. The Morgan fingerprint density at radius 3 is 2.65 bits per heavy atom. The van der Waals surface area contributed by atoms with E-state index in [1.54, 1.807) is 0 Å². The summed E-state index contributed by atoms with van der Waals surface area (Å²) in [6.07, 6.45) is 0. The molecule has 0 fully saturated rings. The first-order chi connectivity index (χ1) is 7.81. The summed E-state index contributed by atoms with van der Waals surface area (Å²) < 4.78 is 0. The Morgan fingerprint density at radius 1 is 1.53 bits per heavy atom. The fraction of sp³-hybridized carbons (Fsp3) is 0.500. The third kappa shape index (κ3) is 4.03. The Morgan fingerprint density at radius 2 is 2.18 bits per heavy atom. The molecule has 0 saturated heterocycles. The summed E-state index contributed by atoms with van der Waals surface area (Å²) in [4.78, 5) is 26.4. The monoisotopic (exact) mass is 257 g/mol. The van der Waals surface area contributed by atoms with Crippen molar-refractivity contribution in [1.82, 2.24) is 15.6 Å². The molecule has 1 rings (SSSR count). The molecule has 0 aliphatic rings. The Bertz CT molecular complexity index is 428. The number of nitrogens with zero attached hydrogens (tertiary/aromatic N) is 1. The molecule has 0 spiro atoms. The molecular formula is C10H15N3O3S. The average molecular weight is 257 g/mol. The minimum absolute atomic E-state index is 0.284. The first-order valence-corrected chi connectivity index (χ1v) is 5.89. The number of nitrogens with one attached hydrogen (secondary N) is 2. The second-order valence-electron chi connectivity index (χ2n) is 4.10. The van der Waals surface area contributed by atoms with Crippen LogP contribution in [0.3, 0.4) is 0 Å². The summed E-state index contributed by atoms with van der Waals surface area (Å²) >= 11 is 1.50. The minimum Gasteiger partial charge on any atom is -0.480 e. The van der Waals surface area contributed by atoms with Gasteiger partial charge in [-0.25, -0.2) is 14.6 Å². The van der Waals surface area contributed by atoms with Crippen molar-refractivity contribution in [1.29, 1.82) is 0 Å². The molecule has 1 aromatic heterocycles. The van der Waals surface area contributed by atoms with Gasteiger partial charge in [-0.3, -0.25) is 0 Å². The number of hydrogen-bond acceptors (Lipinski definition) is 4. The van der Waals surface area contributed by atoms with Crippen molar-refractivity contribution >= 4 is 23.3 Å². The molecule has 0 aromatic carbocycles. The lowest BCUT2D eigenvalue weighted by Crippen LogP contribution is -2.53. The van der Waals surface area contributed by atoms with E-state index in [2.05, 4.69) is 15.6 Å². The van der Waals surface area contributed by atoms with Gasteiger partial charge in [0.25, 0.3) is 0 Å². The van der Waals surface area contributed by atoms with Crippen molar-refractivity contribution in [2.75, 3.05) is 0 Å². The average Bonchev–Trinajstić information content (AvgIpc) is 2.60. The van der Waals surface area contributed by atoms with Crippen LogP contribution in [0.1, 0.15) is 24.5 Å². The molecule has 3 N–H and O–H groups in total. The highest BCUT2D eigenvalue weighted by Gasteiger charge is 2.28. The van der Waals surface area contributed by atoms with E-state index in [1.165, 1.54) is 25.2 Å². The second-order valence-corrected chi connectivity index (χ2v) is 5.16. The highest BCUT2D eigenvalue weighted by molar-refractivity contribution is 7.09. The van der Waals surface area contributed by atoms with Crippen LogP contribution >= 0.6 is 11.3 Å². The Hall–Kier alpha value is -1.63.